The molecule has 0 saturated carbocycles. The Morgan fingerprint density at radius 2 is 1.81 bits per heavy atom. The monoisotopic (exact) mass is 250 g/mol. The van der Waals surface area contributed by atoms with Crippen LogP contribution in [-0.2, 0) is 22.8 Å². The smallest absolute Gasteiger partial charge is 0.375 e. The molecule has 2 unspecified atom stereocenters. The summed E-state index contributed by atoms with van der Waals surface area (Å²) in [6.07, 6.45) is 2.65. The van der Waals surface area contributed by atoms with E-state index in [-0.39, 0.29) is 12.0 Å². The summed E-state index contributed by atoms with van der Waals surface area (Å²) in [5, 5.41) is 0. The first-order valence-corrected chi connectivity index (χ1v) is 7.45. The molecule has 96 valence electrons. The Labute approximate surface area is 98.3 Å². The third-order valence-electron chi connectivity index (χ3n) is 2.77. The lowest BCUT2D eigenvalue weighted by molar-refractivity contribution is -0.232. The van der Waals surface area contributed by atoms with Gasteiger partial charge in [0.15, 0.2) is 6.29 Å². The van der Waals surface area contributed by atoms with Gasteiger partial charge in [-0.3, -0.25) is 0 Å². The molecule has 0 aliphatic carbocycles. The van der Waals surface area contributed by atoms with Crippen molar-refractivity contribution in [3.05, 3.63) is 0 Å². The number of rotatable bonds is 8. The van der Waals surface area contributed by atoms with Crippen molar-refractivity contribution >= 4 is 8.80 Å². The Kier molecular flexibility index (Phi) is 5.88. The highest BCUT2D eigenvalue weighted by Crippen LogP contribution is 2.24. The van der Waals surface area contributed by atoms with Gasteiger partial charge in [-0.1, -0.05) is 13.3 Å². The molecule has 1 heterocycles. The highest BCUT2D eigenvalue weighted by atomic mass is 28.4. The molecule has 1 aliphatic heterocycles. The molecule has 16 heavy (non-hydrogen) atoms. The van der Waals surface area contributed by atoms with Crippen LogP contribution in [0.25, 0.3) is 0 Å². The maximum atomic E-state index is 5.83. The minimum absolute atomic E-state index is 0.121. The molecule has 6 heteroatoms. The van der Waals surface area contributed by atoms with Gasteiger partial charge in [0.05, 0.1) is 6.61 Å². The molecule has 2 atom stereocenters. The summed E-state index contributed by atoms with van der Waals surface area (Å²) in [6.45, 7) is 2.86. The predicted octanol–water partition coefficient (Wildman–Crippen LogP) is 1.34. The fraction of sp³-hybridized carbons (Fsp3) is 1.00. The Morgan fingerprint density at radius 1 is 1.25 bits per heavy atom. The van der Waals surface area contributed by atoms with E-state index in [1.165, 1.54) is 0 Å². The quantitative estimate of drug-likeness (QED) is 0.608. The summed E-state index contributed by atoms with van der Waals surface area (Å²) in [4.78, 5) is 0. The van der Waals surface area contributed by atoms with Gasteiger partial charge < -0.3 is 22.8 Å². The number of ether oxygens (including phenoxy) is 2. The van der Waals surface area contributed by atoms with Crippen molar-refractivity contribution in [3.63, 3.8) is 0 Å². The molecular weight excluding hydrogens is 228 g/mol. The van der Waals surface area contributed by atoms with Crippen LogP contribution in [0.4, 0.5) is 0 Å². The molecule has 1 aliphatic rings. The maximum Gasteiger partial charge on any atom is 0.530 e. The zero-order chi connectivity index (χ0) is 12.0. The van der Waals surface area contributed by atoms with Crippen LogP contribution in [0.3, 0.4) is 0 Å². The van der Waals surface area contributed by atoms with Crippen LogP contribution in [0, 0.1) is 0 Å². The predicted molar refractivity (Wildman–Crippen MR) is 60.9 cm³/mol. The van der Waals surface area contributed by atoms with Crippen LogP contribution in [0.2, 0.25) is 0 Å². The molecule has 1 rings (SSSR count). The van der Waals surface area contributed by atoms with Gasteiger partial charge in [0.2, 0.25) is 0 Å². The molecule has 0 bridgehead atoms. The van der Waals surface area contributed by atoms with Crippen LogP contribution in [0.15, 0.2) is 0 Å². The average molecular weight is 250 g/mol. The van der Waals surface area contributed by atoms with Crippen LogP contribution in [-0.4, -0.2) is 48.8 Å². The SMILES string of the molecule is CCCC(OC1CCO1)[Si](OC)(OC)OC. The second kappa shape index (κ2) is 6.68. The fourth-order valence-electron chi connectivity index (χ4n) is 1.74. The second-order valence-corrected chi connectivity index (χ2v) is 6.79. The van der Waals surface area contributed by atoms with E-state index >= 15 is 0 Å². The molecule has 0 aromatic carbocycles. The van der Waals surface area contributed by atoms with E-state index < -0.39 is 8.80 Å². The van der Waals surface area contributed by atoms with Gasteiger partial charge in [-0.25, -0.2) is 0 Å². The van der Waals surface area contributed by atoms with Gasteiger partial charge >= 0.3 is 8.80 Å². The third kappa shape index (κ3) is 3.03. The summed E-state index contributed by atoms with van der Waals surface area (Å²) in [6, 6.07) is 0. The van der Waals surface area contributed by atoms with E-state index in [0.717, 1.165) is 25.9 Å². The molecule has 1 fully saturated rings. The summed E-state index contributed by atoms with van der Waals surface area (Å²) >= 11 is 0. The van der Waals surface area contributed by atoms with Gasteiger partial charge in [0.25, 0.3) is 0 Å². The maximum absolute atomic E-state index is 5.83. The highest BCUT2D eigenvalue weighted by molar-refractivity contribution is 6.62. The molecule has 0 aromatic heterocycles. The molecule has 0 aromatic rings. The van der Waals surface area contributed by atoms with E-state index in [1.807, 2.05) is 0 Å². The largest absolute Gasteiger partial charge is 0.530 e. The van der Waals surface area contributed by atoms with Crippen molar-refractivity contribution in [1.82, 2.24) is 0 Å². The van der Waals surface area contributed by atoms with E-state index in [2.05, 4.69) is 6.92 Å². The highest BCUT2D eigenvalue weighted by Gasteiger charge is 2.49. The van der Waals surface area contributed by atoms with Gasteiger partial charge in [0.1, 0.15) is 5.73 Å². The first-order chi connectivity index (χ1) is 7.72. The van der Waals surface area contributed by atoms with Crippen molar-refractivity contribution in [3.8, 4) is 0 Å². The van der Waals surface area contributed by atoms with E-state index in [4.69, 9.17) is 22.8 Å². The van der Waals surface area contributed by atoms with Crippen LogP contribution in [0.1, 0.15) is 26.2 Å². The lowest BCUT2D eigenvalue weighted by Gasteiger charge is -2.36. The van der Waals surface area contributed by atoms with Crippen molar-refractivity contribution < 1.29 is 22.8 Å². The van der Waals surface area contributed by atoms with Crippen LogP contribution >= 0.6 is 0 Å². The minimum atomic E-state index is -2.72. The third-order valence-corrected chi connectivity index (χ3v) is 5.69. The van der Waals surface area contributed by atoms with Crippen molar-refractivity contribution in [2.45, 2.75) is 38.2 Å². The standard InChI is InChI=1S/C10H22O5Si/c1-5-6-10(15-9-7-8-14-9)16(11-2,12-3)13-4/h9-10H,5-8H2,1-4H3. The van der Waals surface area contributed by atoms with Gasteiger partial charge in [-0.15, -0.1) is 0 Å². The lowest BCUT2D eigenvalue weighted by atomic mass is 10.3. The van der Waals surface area contributed by atoms with Crippen molar-refractivity contribution in [2.24, 2.45) is 0 Å². The first kappa shape index (κ1) is 14.1. The number of hydrogen-bond donors (Lipinski definition) is 0. The topological polar surface area (TPSA) is 46.2 Å². The molecule has 1 saturated heterocycles. The molecule has 0 N–H and O–H groups in total. The Morgan fingerprint density at radius 3 is 2.12 bits per heavy atom. The molecule has 5 nitrogen and oxygen atoms in total. The van der Waals surface area contributed by atoms with Gasteiger partial charge in [0, 0.05) is 27.8 Å². The van der Waals surface area contributed by atoms with E-state index in [0.29, 0.717) is 0 Å². The zero-order valence-electron chi connectivity index (χ0n) is 10.5. The van der Waals surface area contributed by atoms with Gasteiger partial charge in [-0.05, 0) is 6.42 Å². The normalized spacial score (nSPS) is 22.9. The Bertz CT molecular complexity index is 185. The summed E-state index contributed by atoms with van der Waals surface area (Å²) < 4.78 is 27.4. The summed E-state index contributed by atoms with van der Waals surface area (Å²) in [5.74, 6) is 0. The van der Waals surface area contributed by atoms with Gasteiger partial charge in [-0.2, -0.15) is 0 Å². The van der Waals surface area contributed by atoms with Crippen molar-refractivity contribution in [1.29, 1.82) is 0 Å². The molecular formula is C10H22O5Si. The molecule has 0 spiro atoms. The molecule has 0 radical (unpaired) electrons. The zero-order valence-corrected chi connectivity index (χ0v) is 11.5. The van der Waals surface area contributed by atoms with Crippen LogP contribution < -0.4 is 0 Å². The lowest BCUT2D eigenvalue weighted by Crippen LogP contribution is -2.57. The van der Waals surface area contributed by atoms with E-state index in [1.54, 1.807) is 21.3 Å². The first-order valence-electron chi connectivity index (χ1n) is 5.65. The number of hydrogen-bond acceptors (Lipinski definition) is 5. The summed E-state index contributed by atoms with van der Waals surface area (Å²) in [5.41, 5.74) is -0.150. The Balaban J connectivity index is 2.63. The fourth-order valence-corrected chi connectivity index (χ4v) is 3.99. The second-order valence-electron chi connectivity index (χ2n) is 3.72. The van der Waals surface area contributed by atoms with Crippen molar-refractivity contribution in [2.75, 3.05) is 27.9 Å². The molecule has 0 amide bonds. The minimum Gasteiger partial charge on any atom is -0.375 e. The summed E-state index contributed by atoms with van der Waals surface area (Å²) in [7, 11) is 2.10. The van der Waals surface area contributed by atoms with Crippen LogP contribution in [0.5, 0.6) is 0 Å². The Hall–Kier alpha value is 0.0169. The average Bonchev–Trinajstić information content (AvgIpc) is 2.26. The van der Waals surface area contributed by atoms with E-state index in [9.17, 15) is 0 Å².